The molecule has 0 heterocycles. The Bertz CT molecular complexity index is 485. The normalized spacial score (nSPS) is 15.8. The molecule has 0 aromatic heterocycles. The Morgan fingerprint density at radius 3 is 2.61 bits per heavy atom. The van der Waals surface area contributed by atoms with Crippen molar-refractivity contribution in [3.8, 4) is 5.75 Å². The molecule has 1 aliphatic rings. The Hall–Kier alpha value is -1.56. The van der Waals surface area contributed by atoms with Gasteiger partial charge in [0.05, 0.1) is 4.47 Å². The number of benzene rings is 1. The van der Waals surface area contributed by atoms with Gasteiger partial charge in [0.2, 0.25) is 0 Å². The van der Waals surface area contributed by atoms with E-state index in [1.165, 1.54) is 0 Å². The van der Waals surface area contributed by atoms with Crippen molar-refractivity contribution in [1.29, 1.82) is 0 Å². The number of rotatable bonds is 5. The van der Waals surface area contributed by atoms with Crippen molar-refractivity contribution in [2.75, 3.05) is 6.61 Å². The van der Waals surface area contributed by atoms with E-state index in [1.807, 2.05) is 6.07 Å². The van der Waals surface area contributed by atoms with Gasteiger partial charge in [0.25, 0.3) is 5.91 Å². The van der Waals surface area contributed by atoms with Gasteiger partial charge in [-0.1, -0.05) is 12.1 Å². The molecular weight excluding hydrogens is 302 g/mol. The molecule has 1 amide bonds. The fourth-order valence-corrected chi connectivity index (χ4v) is 1.92. The Morgan fingerprint density at radius 2 is 2.06 bits per heavy atom. The first-order valence-electron chi connectivity index (χ1n) is 5.45. The summed E-state index contributed by atoms with van der Waals surface area (Å²) in [6.07, 6.45) is 0.951. The maximum absolute atomic E-state index is 11.6. The highest BCUT2D eigenvalue weighted by molar-refractivity contribution is 9.10. The zero-order valence-electron chi connectivity index (χ0n) is 9.48. The highest BCUT2D eigenvalue weighted by Crippen LogP contribution is 2.35. The first kappa shape index (κ1) is 12.9. The summed E-state index contributed by atoms with van der Waals surface area (Å²) in [7, 11) is 0. The molecule has 0 saturated heterocycles. The van der Waals surface area contributed by atoms with Crippen LogP contribution in [0.3, 0.4) is 0 Å². The summed E-state index contributed by atoms with van der Waals surface area (Å²) in [6, 6.07) is 7.15. The second-order valence-electron chi connectivity index (χ2n) is 4.15. The highest BCUT2D eigenvalue weighted by atomic mass is 79.9. The summed E-state index contributed by atoms with van der Waals surface area (Å²) in [6.45, 7) is -0.197. The first-order valence-corrected chi connectivity index (χ1v) is 6.24. The number of halogens is 1. The van der Waals surface area contributed by atoms with Crippen LogP contribution in [-0.2, 0) is 9.59 Å². The van der Waals surface area contributed by atoms with Gasteiger partial charge in [-0.15, -0.1) is 0 Å². The molecule has 0 radical (unpaired) electrons. The van der Waals surface area contributed by atoms with Crippen LogP contribution >= 0.6 is 15.9 Å². The number of hydrogen-bond acceptors (Lipinski definition) is 3. The molecule has 2 rings (SSSR count). The van der Waals surface area contributed by atoms with Crippen molar-refractivity contribution >= 4 is 27.8 Å². The molecule has 96 valence electrons. The molecule has 1 saturated carbocycles. The number of hydrogen-bond donors (Lipinski definition) is 2. The molecular formula is C12H12BrNO4. The average molecular weight is 314 g/mol. The monoisotopic (exact) mass is 313 g/mol. The molecule has 0 atom stereocenters. The third-order valence-corrected chi connectivity index (χ3v) is 3.39. The number of nitrogens with one attached hydrogen (secondary N) is 1. The van der Waals surface area contributed by atoms with Crippen LogP contribution in [-0.4, -0.2) is 29.1 Å². The second kappa shape index (κ2) is 4.97. The summed E-state index contributed by atoms with van der Waals surface area (Å²) in [5, 5.41) is 11.4. The molecule has 1 aromatic rings. The smallest absolute Gasteiger partial charge is 0.329 e. The summed E-state index contributed by atoms with van der Waals surface area (Å²) in [5.41, 5.74) is -1.06. The van der Waals surface area contributed by atoms with Crippen molar-refractivity contribution in [3.05, 3.63) is 28.7 Å². The molecule has 0 unspecified atom stereocenters. The number of carboxylic acids is 1. The fraction of sp³-hybridized carbons (Fsp3) is 0.333. The van der Waals surface area contributed by atoms with Crippen molar-refractivity contribution < 1.29 is 19.4 Å². The summed E-state index contributed by atoms with van der Waals surface area (Å²) in [4.78, 5) is 22.5. The maximum Gasteiger partial charge on any atom is 0.329 e. The highest BCUT2D eigenvalue weighted by Gasteiger charge is 2.51. The van der Waals surface area contributed by atoms with Crippen LogP contribution in [0, 0.1) is 0 Å². The Morgan fingerprint density at radius 1 is 1.39 bits per heavy atom. The van der Waals surface area contributed by atoms with E-state index < -0.39 is 17.4 Å². The summed E-state index contributed by atoms with van der Waals surface area (Å²) < 4.78 is 6.05. The quantitative estimate of drug-likeness (QED) is 0.865. The SMILES string of the molecule is O=C(COc1ccccc1Br)NC1(C(=O)O)CC1. The molecule has 0 bridgehead atoms. The number of para-hydroxylation sites is 1. The van der Waals surface area contributed by atoms with Crippen LogP contribution in [0.25, 0.3) is 0 Å². The minimum Gasteiger partial charge on any atom is -0.483 e. The standard InChI is InChI=1S/C12H12BrNO4/c13-8-3-1-2-4-9(8)18-7-10(15)14-12(5-6-12)11(16)17/h1-4H,5-7H2,(H,14,15)(H,16,17). The van der Waals surface area contributed by atoms with Gasteiger partial charge < -0.3 is 15.2 Å². The third-order valence-electron chi connectivity index (χ3n) is 2.73. The van der Waals surface area contributed by atoms with Crippen LogP contribution in [0.4, 0.5) is 0 Å². The maximum atomic E-state index is 11.6. The predicted molar refractivity (Wildman–Crippen MR) is 67.4 cm³/mol. The molecule has 0 aliphatic heterocycles. The van der Waals surface area contributed by atoms with Crippen molar-refractivity contribution in [3.63, 3.8) is 0 Å². The minimum atomic E-state index is -1.06. The van der Waals surface area contributed by atoms with Crippen LogP contribution < -0.4 is 10.1 Å². The van der Waals surface area contributed by atoms with Gasteiger partial charge in [-0.05, 0) is 40.9 Å². The van der Waals surface area contributed by atoms with Gasteiger partial charge in [0.1, 0.15) is 11.3 Å². The lowest BCUT2D eigenvalue weighted by atomic mass is 10.3. The zero-order chi connectivity index (χ0) is 13.2. The van der Waals surface area contributed by atoms with Gasteiger partial charge in [-0.2, -0.15) is 0 Å². The predicted octanol–water partition coefficient (Wildman–Crippen LogP) is 1.56. The summed E-state index contributed by atoms with van der Waals surface area (Å²) >= 11 is 3.29. The molecule has 5 nitrogen and oxygen atoms in total. The largest absolute Gasteiger partial charge is 0.483 e. The van der Waals surface area contributed by atoms with Crippen molar-refractivity contribution in [2.24, 2.45) is 0 Å². The molecule has 1 aromatic carbocycles. The molecule has 6 heteroatoms. The van der Waals surface area contributed by atoms with Crippen LogP contribution in [0.15, 0.2) is 28.7 Å². The molecule has 18 heavy (non-hydrogen) atoms. The number of aliphatic carboxylic acids is 1. The van der Waals surface area contributed by atoms with E-state index in [2.05, 4.69) is 21.2 Å². The lowest BCUT2D eigenvalue weighted by molar-refractivity contribution is -0.143. The molecule has 2 N–H and O–H groups in total. The zero-order valence-corrected chi connectivity index (χ0v) is 11.1. The third kappa shape index (κ3) is 2.81. The lowest BCUT2D eigenvalue weighted by Crippen LogP contribution is -2.45. The van der Waals surface area contributed by atoms with E-state index in [0.29, 0.717) is 18.6 Å². The van der Waals surface area contributed by atoms with Crippen molar-refractivity contribution in [1.82, 2.24) is 5.32 Å². The topological polar surface area (TPSA) is 75.6 Å². The second-order valence-corrected chi connectivity index (χ2v) is 5.01. The van der Waals surface area contributed by atoms with E-state index >= 15 is 0 Å². The fourth-order valence-electron chi connectivity index (χ4n) is 1.53. The molecule has 1 fully saturated rings. The number of amides is 1. The number of carbonyl (C=O) groups excluding carboxylic acids is 1. The Balaban J connectivity index is 1.86. The first-order chi connectivity index (χ1) is 8.53. The van der Waals surface area contributed by atoms with Crippen LogP contribution in [0.1, 0.15) is 12.8 Å². The summed E-state index contributed by atoms with van der Waals surface area (Å²) in [5.74, 6) is -0.866. The van der Waals surface area contributed by atoms with Crippen molar-refractivity contribution in [2.45, 2.75) is 18.4 Å². The number of ether oxygens (including phenoxy) is 1. The molecule has 0 spiro atoms. The Kier molecular flexibility index (Phi) is 3.56. The van der Waals surface area contributed by atoms with E-state index in [4.69, 9.17) is 9.84 Å². The van der Waals surface area contributed by atoms with E-state index in [0.717, 1.165) is 4.47 Å². The van der Waals surface area contributed by atoms with Gasteiger partial charge in [0, 0.05) is 0 Å². The average Bonchev–Trinajstić information content (AvgIpc) is 3.09. The number of carboxylic acid groups (broad SMARTS) is 1. The minimum absolute atomic E-state index is 0.197. The Labute approximate surface area is 112 Å². The van der Waals surface area contributed by atoms with Crippen LogP contribution in [0.2, 0.25) is 0 Å². The van der Waals surface area contributed by atoms with Gasteiger partial charge in [-0.3, -0.25) is 4.79 Å². The number of carbonyl (C=O) groups is 2. The van der Waals surface area contributed by atoms with E-state index in [9.17, 15) is 9.59 Å². The molecule has 1 aliphatic carbocycles. The lowest BCUT2D eigenvalue weighted by Gasteiger charge is -2.13. The van der Waals surface area contributed by atoms with Gasteiger partial charge in [0.15, 0.2) is 6.61 Å². The van der Waals surface area contributed by atoms with Crippen LogP contribution in [0.5, 0.6) is 5.75 Å². The van der Waals surface area contributed by atoms with Gasteiger partial charge >= 0.3 is 5.97 Å². The van der Waals surface area contributed by atoms with E-state index in [1.54, 1.807) is 18.2 Å². The van der Waals surface area contributed by atoms with E-state index in [-0.39, 0.29) is 6.61 Å². The van der Waals surface area contributed by atoms with Gasteiger partial charge in [-0.25, -0.2) is 4.79 Å².